The van der Waals surface area contributed by atoms with Crippen molar-refractivity contribution in [2.45, 2.75) is 47.0 Å². The van der Waals surface area contributed by atoms with Crippen molar-refractivity contribution in [3.05, 3.63) is 64.9 Å². The van der Waals surface area contributed by atoms with Crippen molar-refractivity contribution in [3.63, 3.8) is 0 Å². The Hall–Kier alpha value is -3.26. The number of rotatable bonds is 2. The summed E-state index contributed by atoms with van der Waals surface area (Å²) in [4.78, 5) is 27.9. The number of hydrogen-bond acceptors (Lipinski definition) is 6. The van der Waals surface area contributed by atoms with Gasteiger partial charge in [0.2, 0.25) is 0 Å². The third kappa shape index (κ3) is 6.97. The first-order valence-corrected chi connectivity index (χ1v) is 10.2. The SMILES string of the molecule is [C-]#[N+]c1cc(C#CC(C)(C)C)sc1[N+](=O)[O-].[C-]#[N+]c1cc(C(C)(C)C)sc1[N+](=O)[O-]. The summed E-state index contributed by atoms with van der Waals surface area (Å²) in [6.45, 7) is 25.4. The first-order chi connectivity index (χ1) is 13.7. The van der Waals surface area contributed by atoms with E-state index in [9.17, 15) is 20.2 Å². The third-order valence-electron chi connectivity index (χ3n) is 3.26. The molecule has 0 aliphatic carbocycles. The molecule has 2 heterocycles. The van der Waals surface area contributed by atoms with E-state index in [-0.39, 0.29) is 32.2 Å². The molecule has 0 aliphatic rings. The zero-order valence-electron chi connectivity index (χ0n) is 17.4. The van der Waals surface area contributed by atoms with Gasteiger partial charge < -0.3 is 0 Å². The molecule has 2 aromatic heterocycles. The van der Waals surface area contributed by atoms with Gasteiger partial charge in [0.15, 0.2) is 0 Å². The average molecular weight is 445 g/mol. The second-order valence-electron chi connectivity index (χ2n) is 8.09. The van der Waals surface area contributed by atoms with Crippen LogP contribution in [0.25, 0.3) is 9.69 Å². The van der Waals surface area contributed by atoms with E-state index in [0.717, 1.165) is 27.6 Å². The summed E-state index contributed by atoms with van der Waals surface area (Å²) in [6, 6.07) is 3.07. The molecule has 0 atom stereocenters. The maximum atomic E-state index is 10.6. The molecule has 2 aromatic rings. The molecule has 0 fully saturated rings. The van der Waals surface area contributed by atoms with E-state index in [1.54, 1.807) is 6.07 Å². The maximum Gasteiger partial charge on any atom is 0.334 e. The molecule has 0 saturated heterocycles. The Bertz CT molecular complexity index is 1110. The summed E-state index contributed by atoms with van der Waals surface area (Å²) in [5.74, 6) is 5.83. The minimum atomic E-state index is -0.541. The van der Waals surface area contributed by atoms with Gasteiger partial charge in [-0.05, 0) is 38.3 Å². The van der Waals surface area contributed by atoms with Crippen LogP contribution in [0.2, 0.25) is 0 Å². The Labute approximate surface area is 183 Å². The van der Waals surface area contributed by atoms with Crippen LogP contribution >= 0.6 is 22.7 Å². The van der Waals surface area contributed by atoms with E-state index in [0.29, 0.717) is 4.88 Å². The summed E-state index contributed by atoms with van der Waals surface area (Å²) < 4.78 is 0. The van der Waals surface area contributed by atoms with Gasteiger partial charge in [-0.25, -0.2) is 9.69 Å². The van der Waals surface area contributed by atoms with Crippen LogP contribution in [0.3, 0.4) is 0 Å². The van der Waals surface area contributed by atoms with Crippen molar-refractivity contribution in [1.29, 1.82) is 0 Å². The molecule has 8 nitrogen and oxygen atoms in total. The summed E-state index contributed by atoms with van der Waals surface area (Å²) in [5, 5.41) is 21.0. The van der Waals surface area contributed by atoms with E-state index in [1.807, 2.05) is 41.5 Å². The second-order valence-corrected chi connectivity index (χ2v) is 10.2. The van der Waals surface area contributed by atoms with E-state index in [4.69, 9.17) is 13.1 Å². The maximum absolute atomic E-state index is 10.6. The quantitative estimate of drug-likeness (QED) is 0.213. The fourth-order valence-corrected chi connectivity index (χ4v) is 3.58. The molecule has 0 saturated carbocycles. The fraction of sp³-hybridized carbons (Fsp3) is 0.400. The van der Waals surface area contributed by atoms with Crippen molar-refractivity contribution in [2.75, 3.05) is 0 Å². The number of hydrogen-bond donors (Lipinski definition) is 0. The van der Waals surface area contributed by atoms with Crippen molar-refractivity contribution in [2.24, 2.45) is 5.41 Å². The van der Waals surface area contributed by atoms with Gasteiger partial charge >= 0.3 is 10.0 Å². The summed E-state index contributed by atoms with van der Waals surface area (Å²) in [5.41, 5.74) is -0.0896. The summed E-state index contributed by atoms with van der Waals surface area (Å²) in [7, 11) is 0. The van der Waals surface area contributed by atoms with Crippen LogP contribution in [0.5, 0.6) is 0 Å². The topological polar surface area (TPSA) is 95.0 Å². The van der Waals surface area contributed by atoms with Crippen molar-refractivity contribution in [3.8, 4) is 11.8 Å². The largest absolute Gasteiger partial charge is 0.334 e. The zero-order chi connectivity index (χ0) is 23.3. The monoisotopic (exact) mass is 444 g/mol. The molecule has 2 rings (SSSR count). The van der Waals surface area contributed by atoms with E-state index >= 15 is 0 Å². The predicted molar refractivity (Wildman–Crippen MR) is 120 cm³/mol. The van der Waals surface area contributed by atoms with Gasteiger partial charge in [-0.1, -0.05) is 55.3 Å². The number of nitro groups is 2. The van der Waals surface area contributed by atoms with Crippen molar-refractivity contribution >= 4 is 44.1 Å². The van der Waals surface area contributed by atoms with Gasteiger partial charge in [-0.3, -0.25) is 20.2 Å². The normalized spacial score (nSPS) is 10.5. The van der Waals surface area contributed by atoms with Crippen LogP contribution in [0.1, 0.15) is 51.3 Å². The van der Waals surface area contributed by atoms with E-state index in [2.05, 4.69) is 21.5 Å². The van der Waals surface area contributed by atoms with Gasteiger partial charge in [-0.2, -0.15) is 0 Å². The number of nitrogens with zero attached hydrogens (tertiary/aromatic N) is 4. The Morgan fingerprint density at radius 3 is 1.70 bits per heavy atom. The average Bonchev–Trinajstić information content (AvgIpc) is 3.23. The van der Waals surface area contributed by atoms with E-state index in [1.165, 1.54) is 6.07 Å². The highest BCUT2D eigenvalue weighted by atomic mass is 32.1. The van der Waals surface area contributed by atoms with E-state index < -0.39 is 9.85 Å². The fourth-order valence-electron chi connectivity index (χ4n) is 1.85. The minimum absolute atomic E-state index is 0.0510. The molecule has 30 heavy (non-hydrogen) atoms. The van der Waals surface area contributed by atoms with Gasteiger partial charge in [0.1, 0.15) is 0 Å². The van der Waals surface area contributed by atoms with Gasteiger partial charge in [-0.15, -0.1) is 0 Å². The third-order valence-corrected chi connectivity index (χ3v) is 5.75. The Balaban J connectivity index is 0.000000303. The Morgan fingerprint density at radius 1 is 0.900 bits per heavy atom. The van der Waals surface area contributed by atoms with Crippen LogP contribution < -0.4 is 0 Å². The Kier molecular flexibility index (Phi) is 7.84. The molecule has 0 aromatic carbocycles. The first-order valence-electron chi connectivity index (χ1n) is 8.54. The van der Waals surface area contributed by atoms with Crippen LogP contribution in [-0.4, -0.2) is 9.85 Å². The number of thiophene rings is 2. The smallest absolute Gasteiger partial charge is 0.259 e. The summed E-state index contributed by atoms with van der Waals surface area (Å²) in [6.07, 6.45) is 0. The molecule has 0 radical (unpaired) electrons. The first kappa shape index (κ1) is 24.8. The molecule has 0 spiro atoms. The van der Waals surface area contributed by atoms with Crippen LogP contribution in [0, 0.1) is 50.6 Å². The summed E-state index contributed by atoms with van der Waals surface area (Å²) >= 11 is 2.03. The van der Waals surface area contributed by atoms with Crippen LogP contribution in [0.4, 0.5) is 21.4 Å². The molecule has 0 aliphatic heterocycles. The molecule has 0 unspecified atom stereocenters. The zero-order valence-corrected chi connectivity index (χ0v) is 19.0. The molecule has 10 heteroatoms. The Morgan fingerprint density at radius 2 is 1.37 bits per heavy atom. The lowest BCUT2D eigenvalue weighted by molar-refractivity contribution is -0.379. The standard InChI is InChI=1S/C11H10N2O2S.C9H10N2O2S/c1-11(2,3)6-5-8-7-9(12-4)10(16-8)13(14)15;1-9(2,3)7-5-6(10-4)8(14-7)11(12)13/h7H,1-3H3;5H,1-3H3. The highest BCUT2D eigenvalue weighted by molar-refractivity contribution is 7.16. The minimum Gasteiger partial charge on any atom is -0.259 e. The predicted octanol–water partition coefficient (Wildman–Crippen LogP) is 7.11. The highest BCUT2D eigenvalue weighted by Crippen LogP contribution is 2.42. The second kappa shape index (κ2) is 9.49. The van der Waals surface area contributed by atoms with Crippen LogP contribution in [0.15, 0.2) is 12.1 Å². The lowest BCUT2D eigenvalue weighted by Gasteiger charge is -2.14. The molecular formula is C20H20N4O4S2. The molecule has 0 N–H and O–H groups in total. The van der Waals surface area contributed by atoms with Crippen molar-refractivity contribution in [1.82, 2.24) is 0 Å². The molecule has 156 valence electrons. The lowest BCUT2D eigenvalue weighted by Crippen LogP contribution is -2.07. The van der Waals surface area contributed by atoms with Gasteiger partial charge in [0.05, 0.1) is 27.9 Å². The van der Waals surface area contributed by atoms with Gasteiger partial charge in [0.25, 0.3) is 11.4 Å². The highest BCUT2D eigenvalue weighted by Gasteiger charge is 2.25. The van der Waals surface area contributed by atoms with Crippen LogP contribution in [-0.2, 0) is 5.41 Å². The molecule has 0 bridgehead atoms. The lowest BCUT2D eigenvalue weighted by atomic mass is 9.95. The molecular weight excluding hydrogens is 424 g/mol. The van der Waals surface area contributed by atoms with Crippen molar-refractivity contribution < 1.29 is 9.85 Å². The molecule has 0 amide bonds. The van der Waals surface area contributed by atoms with Gasteiger partial charge in [0, 0.05) is 10.3 Å².